The van der Waals surface area contributed by atoms with Crippen molar-refractivity contribution in [1.29, 1.82) is 0 Å². The van der Waals surface area contributed by atoms with Crippen LogP contribution in [-0.2, 0) is 14.3 Å². The normalized spacial score (nSPS) is 20.8. The molecule has 0 aromatic carbocycles. The van der Waals surface area contributed by atoms with E-state index in [-0.39, 0.29) is 12.1 Å². The van der Waals surface area contributed by atoms with Crippen molar-refractivity contribution in [2.24, 2.45) is 0 Å². The fourth-order valence-corrected chi connectivity index (χ4v) is 0.819. The van der Waals surface area contributed by atoms with Crippen LogP contribution in [0.2, 0.25) is 0 Å². The molecule has 0 aliphatic carbocycles. The highest BCUT2D eigenvalue weighted by Crippen LogP contribution is 2.05. The number of hydrogen-bond donors (Lipinski definition) is 0. The van der Waals surface area contributed by atoms with E-state index in [1.54, 1.807) is 32.1 Å². The Hall–Kier alpha value is -1.25. The SMILES string of the molecule is CC(C)OC(=O)C1C=CC=CO1. The second-order valence-corrected chi connectivity index (χ2v) is 2.76. The molecule has 0 aromatic rings. The van der Waals surface area contributed by atoms with Gasteiger partial charge >= 0.3 is 5.97 Å². The highest BCUT2D eigenvalue weighted by molar-refractivity contribution is 5.77. The van der Waals surface area contributed by atoms with Crippen LogP contribution in [0.15, 0.2) is 24.5 Å². The number of allylic oxidation sites excluding steroid dienone is 2. The molecule has 1 heterocycles. The van der Waals surface area contributed by atoms with Gasteiger partial charge in [0.1, 0.15) is 0 Å². The summed E-state index contributed by atoms with van der Waals surface area (Å²) in [6.07, 6.45) is 5.95. The summed E-state index contributed by atoms with van der Waals surface area (Å²) in [6.45, 7) is 3.61. The molecule has 1 atom stereocenters. The molecule has 0 radical (unpaired) electrons. The van der Waals surface area contributed by atoms with E-state index in [1.807, 2.05) is 0 Å². The van der Waals surface area contributed by atoms with Gasteiger partial charge in [0.05, 0.1) is 12.4 Å². The monoisotopic (exact) mass is 168 g/mol. The van der Waals surface area contributed by atoms with Crippen molar-refractivity contribution in [3.05, 3.63) is 24.5 Å². The first-order chi connectivity index (χ1) is 5.70. The first kappa shape index (κ1) is 8.84. The number of ether oxygens (including phenoxy) is 2. The maximum absolute atomic E-state index is 11.2. The van der Waals surface area contributed by atoms with Crippen molar-refractivity contribution < 1.29 is 14.3 Å². The Morgan fingerprint density at radius 3 is 2.75 bits per heavy atom. The molecule has 0 fully saturated rings. The van der Waals surface area contributed by atoms with Gasteiger partial charge in [-0.05, 0) is 26.0 Å². The Morgan fingerprint density at radius 1 is 1.50 bits per heavy atom. The Kier molecular flexibility index (Phi) is 2.91. The zero-order valence-electron chi connectivity index (χ0n) is 7.19. The molecule has 0 saturated heterocycles. The van der Waals surface area contributed by atoms with E-state index < -0.39 is 6.10 Å². The molecule has 0 spiro atoms. The molecule has 0 aromatic heterocycles. The molecule has 0 saturated carbocycles. The molecule has 1 aliphatic heterocycles. The summed E-state index contributed by atoms with van der Waals surface area (Å²) >= 11 is 0. The molecule has 1 unspecified atom stereocenters. The Morgan fingerprint density at radius 2 is 2.25 bits per heavy atom. The predicted octanol–water partition coefficient (Wildman–Crippen LogP) is 1.41. The second-order valence-electron chi connectivity index (χ2n) is 2.76. The molecule has 0 N–H and O–H groups in total. The van der Waals surface area contributed by atoms with Gasteiger partial charge in [-0.25, -0.2) is 4.79 Å². The zero-order chi connectivity index (χ0) is 8.97. The molecule has 66 valence electrons. The fourth-order valence-electron chi connectivity index (χ4n) is 0.819. The van der Waals surface area contributed by atoms with Gasteiger partial charge < -0.3 is 9.47 Å². The summed E-state index contributed by atoms with van der Waals surface area (Å²) < 4.78 is 9.94. The van der Waals surface area contributed by atoms with Crippen molar-refractivity contribution >= 4 is 5.97 Å². The lowest BCUT2D eigenvalue weighted by atomic mass is 10.3. The van der Waals surface area contributed by atoms with Crippen LogP contribution >= 0.6 is 0 Å². The van der Waals surface area contributed by atoms with E-state index in [0.29, 0.717) is 0 Å². The zero-order valence-corrected chi connectivity index (χ0v) is 7.19. The molecule has 3 heteroatoms. The quantitative estimate of drug-likeness (QED) is 0.585. The predicted molar refractivity (Wildman–Crippen MR) is 44.4 cm³/mol. The minimum atomic E-state index is -0.572. The Balaban J connectivity index is 2.42. The van der Waals surface area contributed by atoms with Crippen molar-refractivity contribution in [3.63, 3.8) is 0 Å². The Bertz CT molecular complexity index is 216. The van der Waals surface area contributed by atoms with Crippen LogP contribution < -0.4 is 0 Å². The third kappa shape index (κ3) is 2.42. The summed E-state index contributed by atoms with van der Waals surface area (Å²) in [5.74, 6) is -0.342. The minimum absolute atomic E-state index is 0.0968. The number of esters is 1. The number of hydrogen-bond acceptors (Lipinski definition) is 3. The molecular weight excluding hydrogens is 156 g/mol. The lowest BCUT2D eigenvalue weighted by molar-refractivity contribution is -0.155. The fraction of sp³-hybridized carbons (Fsp3) is 0.444. The van der Waals surface area contributed by atoms with E-state index in [0.717, 1.165) is 0 Å². The molecule has 1 aliphatic rings. The molecular formula is C9H12O3. The maximum atomic E-state index is 11.2. The van der Waals surface area contributed by atoms with Crippen LogP contribution in [0.5, 0.6) is 0 Å². The first-order valence-corrected chi connectivity index (χ1v) is 3.89. The summed E-state index contributed by atoms with van der Waals surface area (Å²) in [4.78, 5) is 11.2. The summed E-state index contributed by atoms with van der Waals surface area (Å²) in [6, 6.07) is 0. The molecule has 0 bridgehead atoms. The van der Waals surface area contributed by atoms with Crippen LogP contribution in [0.25, 0.3) is 0 Å². The second kappa shape index (κ2) is 3.95. The lowest BCUT2D eigenvalue weighted by Gasteiger charge is -2.15. The average Bonchev–Trinajstić information content (AvgIpc) is 2.05. The van der Waals surface area contributed by atoms with Crippen LogP contribution in [0.3, 0.4) is 0 Å². The van der Waals surface area contributed by atoms with Crippen LogP contribution in [-0.4, -0.2) is 18.2 Å². The van der Waals surface area contributed by atoms with E-state index in [2.05, 4.69) is 0 Å². The number of carbonyl (C=O) groups is 1. The third-order valence-electron chi connectivity index (χ3n) is 1.28. The average molecular weight is 168 g/mol. The van der Waals surface area contributed by atoms with Gasteiger partial charge in [-0.15, -0.1) is 0 Å². The van der Waals surface area contributed by atoms with Gasteiger partial charge in [0, 0.05) is 0 Å². The minimum Gasteiger partial charge on any atom is -0.482 e. The van der Waals surface area contributed by atoms with Gasteiger partial charge in [0.15, 0.2) is 0 Å². The summed E-state index contributed by atoms with van der Waals surface area (Å²) in [5, 5.41) is 0. The molecule has 12 heavy (non-hydrogen) atoms. The highest BCUT2D eigenvalue weighted by Gasteiger charge is 2.19. The lowest BCUT2D eigenvalue weighted by Crippen LogP contribution is -2.26. The van der Waals surface area contributed by atoms with E-state index in [9.17, 15) is 4.79 Å². The van der Waals surface area contributed by atoms with Gasteiger partial charge in [-0.3, -0.25) is 0 Å². The largest absolute Gasteiger partial charge is 0.482 e. The Labute approximate surface area is 71.7 Å². The van der Waals surface area contributed by atoms with Crippen LogP contribution in [0.4, 0.5) is 0 Å². The standard InChI is InChI=1S/C9H12O3/c1-7(2)12-9(10)8-5-3-4-6-11-8/h3-8H,1-2H3. The maximum Gasteiger partial charge on any atom is 0.351 e. The van der Waals surface area contributed by atoms with Crippen molar-refractivity contribution in [3.8, 4) is 0 Å². The highest BCUT2D eigenvalue weighted by atomic mass is 16.6. The smallest absolute Gasteiger partial charge is 0.351 e. The first-order valence-electron chi connectivity index (χ1n) is 3.89. The van der Waals surface area contributed by atoms with Gasteiger partial charge in [-0.1, -0.05) is 6.08 Å². The number of carbonyl (C=O) groups excluding carboxylic acids is 1. The molecule has 3 nitrogen and oxygen atoms in total. The third-order valence-corrected chi connectivity index (χ3v) is 1.28. The van der Waals surface area contributed by atoms with E-state index in [1.165, 1.54) is 6.26 Å². The van der Waals surface area contributed by atoms with E-state index >= 15 is 0 Å². The van der Waals surface area contributed by atoms with Gasteiger partial charge in [-0.2, -0.15) is 0 Å². The van der Waals surface area contributed by atoms with Crippen molar-refractivity contribution in [1.82, 2.24) is 0 Å². The van der Waals surface area contributed by atoms with Crippen LogP contribution in [0.1, 0.15) is 13.8 Å². The van der Waals surface area contributed by atoms with Gasteiger partial charge in [0.25, 0.3) is 0 Å². The van der Waals surface area contributed by atoms with Gasteiger partial charge in [0.2, 0.25) is 6.10 Å². The summed E-state index contributed by atoms with van der Waals surface area (Å²) in [5.41, 5.74) is 0. The van der Waals surface area contributed by atoms with Crippen LogP contribution in [0, 0.1) is 0 Å². The van der Waals surface area contributed by atoms with E-state index in [4.69, 9.17) is 9.47 Å². The number of rotatable bonds is 2. The summed E-state index contributed by atoms with van der Waals surface area (Å²) in [7, 11) is 0. The molecule has 1 rings (SSSR count). The molecule has 0 amide bonds. The topological polar surface area (TPSA) is 35.5 Å². The van der Waals surface area contributed by atoms with Crippen molar-refractivity contribution in [2.45, 2.75) is 26.1 Å². The van der Waals surface area contributed by atoms with Crippen molar-refractivity contribution in [2.75, 3.05) is 0 Å².